The Balaban J connectivity index is 2.79. The molecule has 0 aliphatic heterocycles. The Morgan fingerprint density at radius 3 is 2.00 bits per heavy atom. The van der Waals surface area contributed by atoms with Crippen LogP contribution in [0.15, 0.2) is 12.2 Å². The molecular weight excluding hydrogens is 428 g/mol. The van der Waals surface area contributed by atoms with Gasteiger partial charge in [0.25, 0.3) is 0 Å². The Morgan fingerprint density at radius 2 is 1.57 bits per heavy atom. The Kier molecular flexibility index (Phi) is 6.92. The predicted octanol–water partition coefficient (Wildman–Crippen LogP) is 5.84. The lowest BCUT2D eigenvalue weighted by atomic mass is 9.73. The Labute approximate surface area is 190 Å². The minimum atomic E-state index is -2.39. The van der Waals surface area contributed by atoms with E-state index < -0.39 is 33.8 Å². The average Bonchev–Trinajstić information content (AvgIpc) is 2.69. The van der Waals surface area contributed by atoms with Gasteiger partial charge in [-0.2, -0.15) is 11.8 Å². The molecule has 0 unspecified atom stereocenters. The van der Waals surface area contributed by atoms with E-state index in [1.54, 1.807) is 17.8 Å². The summed E-state index contributed by atoms with van der Waals surface area (Å²) in [5.74, 6) is 0.0536. The molecule has 2 rings (SSSR count). The van der Waals surface area contributed by atoms with Crippen molar-refractivity contribution in [3.63, 3.8) is 0 Å². The summed E-state index contributed by atoms with van der Waals surface area (Å²) < 4.78 is 14.3. The second-order valence-electron chi connectivity index (χ2n) is 12.1. The van der Waals surface area contributed by atoms with Crippen LogP contribution in [0.5, 0.6) is 0 Å². The summed E-state index contributed by atoms with van der Waals surface area (Å²) in [4.78, 5) is 26.1. The molecular formula is C23H42O4SSi2. The predicted molar refractivity (Wildman–Crippen MR) is 132 cm³/mol. The second-order valence-corrected chi connectivity index (χ2v) is 22.4. The van der Waals surface area contributed by atoms with Crippen LogP contribution in [0.2, 0.25) is 36.3 Å². The highest BCUT2D eigenvalue weighted by atomic mass is 32.2. The van der Waals surface area contributed by atoms with E-state index in [4.69, 9.17) is 8.85 Å². The number of ketones is 1. The van der Waals surface area contributed by atoms with Gasteiger partial charge in [-0.15, -0.1) is 0 Å². The van der Waals surface area contributed by atoms with Gasteiger partial charge in [-0.3, -0.25) is 4.79 Å². The highest BCUT2D eigenvalue weighted by molar-refractivity contribution is 7.98. The average molecular weight is 471 g/mol. The van der Waals surface area contributed by atoms with E-state index in [9.17, 15) is 9.59 Å². The third-order valence-corrected chi connectivity index (χ3v) is 17.7. The van der Waals surface area contributed by atoms with E-state index in [2.05, 4.69) is 74.0 Å². The van der Waals surface area contributed by atoms with Gasteiger partial charge in [0.1, 0.15) is 11.9 Å². The molecule has 2 aliphatic rings. The summed E-state index contributed by atoms with van der Waals surface area (Å²) in [5, 5.41) is -0.103. The summed E-state index contributed by atoms with van der Waals surface area (Å²) in [6.07, 6.45) is 7.27. The fourth-order valence-electron chi connectivity index (χ4n) is 4.31. The van der Waals surface area contributed by atoms with Crippen LogP contribution in [0.1, 0.15) is 48.0 Å². The second kappa shape index (κ2) is 7.97. The van der Waals surface area contributed by atoms with Crippen LogP contribution in [0.4, 0.5) is 0 Å². The molecule has 0 amide bonds. The fourth-order valence-corrected chi connectivity index (χ4v) is 8.46. The molecule has 4 atom stereocenters. The number of hydrogen-bond acceptors (Lipinski definition) is 5. The summed E-state index contributed by atoms with van der Waals surface area (Å²) in [5.41, 5.74) is -2.06. The topological polar surface area (TPSA) is 52.6 Å². The molecule has 0 aromatic carbocycles. The third kappa shape index (κ3) is 3.87. The van der Waals surface area contributed by atoms with Crippen LogP contribution in [-0.4, -0.2) is 51.9 Å². The molecule has 2 aliphatic carbocycles. The lowest BCUT2D eigenvalue weighted by Gasteiger charge is -2.57. The standard InChI is InChI=1S/C23H42O4SSi2/c1-20(2,3)29(8,9)26-22(16-28-7)17-12-13-19(25)23(22,18(14-17)15-24)27-30(10,11)21(4,5)6/h12-13,15,17-18H,14,16H2,1-11H3/t17-,18-,22+,23+/m1/s1. The fraction of sp³-hybridized carbons (Fsp3) is 0.826. The zero-order valence-electron chi connectivity index (χ0n) is 20.8. The van der Waals surface area contributed by atoms with Gasteiger partial charge in [-0.1, -0.05) is 47.6 Å². The van der Waals surface area contributed by atoms with Gasteiger partial charge in [0.2, 0.25) is 0 Å². The molecule has 7 heteroatoms. The maximum atomic E-state index is 13.8. The van der Waals surface area contributed by atoms with Crippen molar-refractivity contribution in [2.75, 3.05) is 12.0 Å². The number of fused-ring (bicyclic) bond motifs is 2. The minimum Gasteiger partial charge on any atom is -0.406 e. The van der Waals surface area contributed by atoms with E-state index in [0.29, 0.717) is 12.2 Å². The first-order chi connectivity index (χ1) is 13.4. The van der Waals surface area contributed by atoms with Crippen molar-refractivity contribution in [1.82, 2.24) is 0 Å². The van der Waals surface area contributed by atoms with Gasteiger partial charge in [0.15, 0.2) is 28.0 Å². The molecule has 0 spiro atoms. The van der Waals surface area contributed by atoms with Crippen molar-refractivity contribution in [1.29, 1.82) is 0 Å². The molecule has 0 aromatic rings. The Hall–Kier alpha value is -0.216. The number of thioether (sulfide) groups is 1. The van der Waals surface area contributed by atoms with E-state index in [-0.39, 0.29) is 21.8 Å². The molecule has 1 saturated carbocycles. The lowest BCUT2D eigenvalue weighted by Crippen LogP contribution is -2.72. The van der Waals surface area contributed by atoms with Crippen molar-refractivity contribution in [2.24, 2.45) is 11.8 Å². The molecule has 0 saturated heterocycles. The maximum Gasteiger partial charge on any atom is 0.193 e. The monoisotopic (exact) mass is 470 g/mol. The molecule has 172 valence electrons. The van der Waals surface area contributed by atoms with Gasteiger partial charge in [0.05, 0.1) is 5.92 Å². The summed E-state index contributed by atoms with van der Waals surface area (Å²) >= 11 is 1.68. The first-order valence-corrected chi connectivity index (χ1v) is 18.2. The van der Waals surface area contributed by atoms with Crippen LogP contribution >= 0.6 is 11.8 Å². The summed E-state index contributed by atoms with van der Waals surface area (Å²) in [7, 11) is -4.65. The first-order valence-electron chi connectivity index (χ1n) is 11.0. The van der Waals surface area contributed by atoms with Crippen molar-refractivity contribution in [3.8, 4) is 0 Å². The van der Waals surface area contributed by atoms with Crippen molar-refractivity contribution in [2.45, 2.75) is 95.4 Å². The number of carbonyl (C=O) groups is 2. The van der Waals surface area contributed by atoms with Crippen LogP contribution < -0.4 is 0 Å². The summed E-state index contributed by atoms with van der Waals surface area (Å²) in [6, 6.07) is 0. The van der Waals surface area contributed by atoms with E-state index in [1.165, 1.54) is 0 Å². The van der Waals surface area contributed by atoms with Gasteiger partial charge < -0.3 is 13.6 Å². The van der Waals surface area contributed by atoms with Gasteiger partial charge >= 0.3 is 0 Å². The molecule has 0 aromatic heterocycles. The molecule has 2 bridgehead atoms. The van der Waals surface area contributed by atoms with Crippen LogP contribution in [0.3, 0.4) is 0 Å². The summed E-state index contributed by atoms with van der Waals surface area (Å²) in [6.45, 7) is 22.0. The van der Waals surface area contributed by atoms with Gasteiger partial charge in [-0.05, 0) is 55.0 Å². The zero-order valence-corrected chi connectivity index (χ0v) is 23.7. The van der Waals surface area contributed by atoms with Crippen LogP contribution in [0, 0.1) is 11.8 Å². The minimum absolute atomic E-state index is 0.00302. The van der Waals surface area contributed by atoms with Gasteiger partial charge in [-0.25, -0.2) is 0 Å². The van der Waals surface area contributed by atoms with Crippen molar-refractivity contribution >= 4 is 40.5 Å². The largest absolute Gasteiger partial charge is 0.406 e. The van der Waals surface area contributed by atoms with Crippen LogP contribution in [-0.2, 0) is 18.4 Å². The number of carbonyl (C=O) groups excluding carboxylic acids is 2. The molecule has 30 heavy (non-hydrogen) atoms. The lowest BCUT2D eigenvalue weighted by molar-refractivity contribution is -0.163. The van der Waals surface area contributed by atoms with Crippen LogP contribution in [0.25, 0.3) is 0 Å². The maximum absolute atomic E-state index is 13.8. The molecule has 0 radical (unpaired) electrons. The van der Waals surface area contributed by atoms with Crippen molar-refractivity contribution in [3.05, 3.63) is 12.2 Å². The highest BCUT2D eigenvalue weighted by Crippen LogP contribution is 2.60. The normalized spacial score (nSPS) is 32.6. The van der Waals surface area contributed by atoms with E-state index in [1.807, 2.05) is 6.08 Å². The SMILES string of the molecule is CSC[C@]1(O[Si](C)(C)C(C)(C)C)[C@@H]2C=CC(=O)[C@@]1(O[Si](C)(C)C(C)(C)C)[C@@H](C=O)C2. The molecule has 0 heterocycles. The van der Waals surface area contributed by atoms with E-state index in [0.717, 1.165) is 6.29 Å². The molecule has 4 nitrogen and oxygen atoms in total. The van der Waals surface area contributed by atoms with E-state index >= 15 is 0 Å². The Bertz CT molecular complexity index is 720. The Morgan fingerprint density at radius 1 is 1.07 bits per heavy atom. The molecule has 1 fully saturated rings. The van der Waals surface area contributed by atoms with Gasteiger partial charge in [0, 0.05) is 11.7 Å². The number of hydrogen-bond donors (Lipinski definition) is 0. The zero-order chi connectivity index (χ0) is 23.4. The third-order valence-electron chi connectivity index (χ3n) is 8.09. The van der Waals surface area contributed by atoms with Crippen molar-refractivity contribution < 1.29 is 18.4 Å². The highest BCUT2D eigenvalue weighted by Gasteiger charge is 2.73. The quantitative estimate of drug-likeness (QED) is 0.345. The number of aldehydes is 1. The smallest absolute Gasteiger partial charge is 0.193 e. The molecule has 0 N–H and O–H groups in total. The number of rotatable bonds is 7. The first kappa shape index (κ1) is 26.0.